The van der Waals surface area contributed by atoms with E-state index in [1.807, 2.05) is 30.3 Å². The number of esters is 4. The standard InChI is InChI=1S/C34H28O9/c35-31(24-15-7-2-8-16-24)41-28-27(22-39-21-23-13-5-1-6-14-23)40-34(38)30(43-33(37)26-19-11-4-12-20-26)29(28)42-32(36)25-17-9-3-10-18-25/h1-20,27-30H,21-22H2/t27-,28-,29+,30-/m1/s1. The van der Waals surface area contributed by atoms with Gasteiger partial charge in [-0.15, -0.1) is 0 Å². The maximum absolute atomic E-state index is 13.3. The van der Waals surface area contributed by atoms with E-state index in [2.05, 4.69) is 0 Å². The molecular formula is C34H28O9. The van der Waals surface area contributed by atoms with Crippen LogP contribution in [0.4, 0.5) is 0 Å². The Morgan fingerprint density at radius 1 is 0.558 bits per heavy atom. The zero-order valence-electron chi connectivity index (χ0n) is 22.9. The van der Waals surface area contributed by atoms with Crippen LogP contribution in [-0.4, -0.2) is 54.9 Å². The number of cyclic esters (lactones) is 1. The van der Waals surface area contributed by atoms with Gasteiger partial charge in [0.25, 0.3) is 0 Å². The van der Waals surface area contributed by atoms with Gasteiger partial charge in [-0.3, -0.25) is 0 Å². The lowest BCUT2D eigenvalue weighted by Crippen LogP contribution is -2.61. The van der Waals surface area contributed by atoms with Gasteiger partial charge in [-0.25, -0.2) is 19.2 Å². The molecule has 1 aliphatic heterocycles. The van der Waals surface area contributed by atoms with Crippen molar-refractivity contribution in [3.63, 3.8) is 0 Å². The Morgan fingerprint density at radius 3 is 1.47 bits per heavy atom. The van der Waals surface area contributed by atoms with Crippen molar-refractivity contribution < 1.29 is 42.9 Å². The molecular weight excluding hydrogens is 552 g/mol. The summed E-state index contributed by atoms with van der Waals surface area (Å²) in [6, 6.07) is 33.5. The number of rotatable bonds is 10. The van der Waals surface area contributed by atoms with E-state index in [4.69, 9.17) is 23.7 Å². The first-order valence-corrected chi connectivity index (χ1v) is 13.6. The molecule has 1 saturated heterocycles. The summed E-state index contributed by atoms with van der Waals surface area (Å²) in [5.74, 6) is -3.40. The lowest BCUT2D eigenvalue weighted by molar-refractivity contribution is -0.209. The number of carbonyl (C=O) groups is 4. The number of carbonyl (C=O) groups excluding carboxylic acids is 4. The molecule has 0 radical (unpaired) electrons. The minimum absolute atomic E-state index is 0.162. The van der Waals surface area contributed by atoms with Gasteiger partial charge in [0.1, 0.15) is 0 Å². The molecule has 0 N–H and O–H groups in total. The summed E-state index contributed by atoms with van der Waals surface area (Å²) in [4.78, 5) is 52.8. The molecule has 9 heteroatoms. The third kappa shape index (κ3) is 7.52. The van der Waals surface area contributed by atoms with Gasteiger partial charge in [-0.05, 0) is 42.0 Å². The van der Waals surface area contributed by atoms with Gasteiger partial charge in [-0.2, -0.15) is 0 Å². The first kappa shape index (κ1) is 29.2. The molecule has 0 aliphatic carbocycles. The van der Waals surface area contributed by atoms with E-state index in [9.17, 15) is 19.2 Å². The summed E-state index contributed by atoms with van der Waals surface area (Å²) in [5, 5.41) is 0. The third-order valence-electron chi connectivity index (χ3n) is 6.63. The average Bonchev–Trinajstić information content (AvgIpc) is 3.05. The van der Waals surface area contributed by atoms with Crippen molar-refractivity contribution in [3.05, 3.63) is 144 Å². The lowest BCUT2D eigenvalue weighted by atomic mass is 9.98. The summed E-state index contributed by atoms with van der Waals surface area (Å²) in [6.45, 7) is -0.0265. The number of hydrogen-bond acceptors (Lipinski definition) is 9. The van der Waals surface area contributed by atoms with Crippen molar-refractivity contribution in [2.75, 3.05) is 6.61 Å². The Morgan fingerprint density at radius 2 is 0.977 bits per heavy atom. The fourth-order valence-corrected chi connectivity index (χ4v) is 4.47. The predicted molar refractivity (Wildman–Crippen MR) is 153 cm³/mol. The SMILES string of the molecule is O=C(O[C@H]1[C@H](OC(=O)c2ccccc2)[C@@H](OC(=O)c2ccccc2)C(=O)O[C@@H]1COCc1ccccc1)c1ccccc1. The smallest absolute Gasteiger partial charge is 0.352 e. The molecule has 1 heterocycles. The molecule has 4 aromatic rings. The summed E-state index contributed by atoms with van der Waals surface area (Å²) >= 11 is 0. The van der Waals surface area contributed by atoms with Crippen LogP contribution in [0.2, 0.25) is 0 Å². The highest BCUT2D eigenvalue weighted by Crippen LogP contribution is 2.28. The van der Waals surface area contributed by atoms with Crippen molar-refractivity contribution in [1.82, 2.24) is 0 Å². The normalized spacial score (nSPS) is 19.5. The molecule has 0 aromatic heterocycles. The van der Waals surface area contributed by atoms with Crippen LogP contribution in [0.3, 0.4) is 0 Å². The monoisotopic (exact) mass is 580 g/mol. The Kier molecular flexibility index (Phi) is 9.56. The first-order valence-electron chi connectivity index (χ1n) is 13.6. The van der Waals surface area contributed by atoms with E-state index >= 15 is 0 Å². The second-order valence-corrected chi connectivity index (χ2v) is 9.64. The van der Waals surface area contributed by atoms with E-state index < -0.39 is 48.3 Å². The van der Waals surface area contributed by atoms with Gasteiger partial charge in [0, 0.05) is 0 Å². The van der Waals surface area contributed by atoms with Crippen LogP contribution in [0.1, 0.15) is 36.6 Å². The van der Waals surface area contributed by atoms with Crippen LogP contribution in [0.15, 0.2) is 121 Å². The van der Waals surface area contributed by atoms with Crippen LogP contribution in [0.25, 0.3) is 0 Å². The van der Waals surface area contributed by atoms with Crippen molar-refractivity contribution in [2.24, 2.45) is 0 Å². The molecule has 0 unspecified atom stereocenters. The lowest BCUT2D eigenvalue weighted by Gasteiger charge is -2.39. The highest BCUT2D eigenvalue weighted by molar-refractivity contribution is 5.93. The summed E-state index contributed by atoms with van der Waals surface area (Å²) in [5.41, 5.74) is 1.42. The Hall–Kier alpha value is -5.28. The van der Waals surface area contributed by atoms with Gasteiger partial charge in [0.15, 0.2) is 18.3 Å². The maximum atomic E-state index is 13.3. The molecule has 4 atom stereocenters. The number of hydrogen-bond donors (Lipinski definition) is 0. The van der Waals surface area contributed by atoms with Gasteiger partial charge in [0.05, 0.1) is 29.9 Å². The average molecular weight is 581 g/mol. The minimum atomic E-state index is -1.74. The summed E-state index contributed by atoms with van der Waals surface area (Å²) < 4.78 is 28.7. The molecule has 5 rings (SSSR count). The largest absolute Gasteiger partial charge is 0.453 e. The summed E-state index contributed by atoms with van der Waals surface area (Å²) in [7, 11) is 0. The third-order valence-corrected chi connectivity index (χ3v) is 6.63. The van der Waals surface area contributed by atoms with Gasteiger partial charge < -0.3 is 23.7 Å². The van der Waals surface area contributed by atoms with Gasteiger partial charge >= 0.3 is 23.9 Å². The molecule has 0 bridgehead atoms. The molecule has 0 saturated carbocycles. The topological polar surface area (TPSA) is 114 Å². The maximum Gasteiger partial charge on any atom is 0.352 e. The van der Waals surface area contributed by atoms with E-state index in [1.165, 1.54) is 24.3 Å². The van der Waals surface area contributed by atoms with E-state index in [-0.39, 0.29) is 29.9 Å². The molecule has 1 fully saturated rings. The zero-order chi connectivity index (χ0) is 30.0. The Labute approximate surface area is 247 Å². The molecule has 0 amide bonds. The Balaban J connectivity index is 1.46. The highest BCUT2D eigenvalue weighted by atomic mass is 16.7. The zero-order valence-corrected chi connectivity index (χ0v) is 22.9. The van der Waals surface area contributed by atoms with Crippen molar-refractivity contribution >= 4 is 23.9 Å². The first-order chi connectivity index (χ1) is 21.0. The number of benzene rings is 4. The van der Waals surface area contributed by atoms with Crippen molar-refractivity contribution in [1.29, 1.82) is 0 Å². The number of ether oxygens (including phenoxy) is 5. The van der Waals surface area contributed by atoms with Crippen LogP contribution >= 0.6 is 0 Å². The van der Waals surface area contributed by atoms with Crippen LogP contribution in [0, 0.1) is 0 Å². The predicted octanol–water partition coefficient (Wildman–Crippen LogP) is 4.81. The van der Waals surface area contributed by atoms with Crippen LogP contribution in [0.5, 0.6) is 0 Å². The highest BCUT2D eigenvalue weighted by Gasteiger charge is 2.53. The minimum Gasteiger partial charge on any atom is -0.453 e. The van der Waals surface area contributed by atoms with Crippen molar-refractivity contribution in [3.8, 4) is 0 Å². The quantitative estimate of drug-likeness (QED) is 0.193. The van der Waals surface area contributed by atoms with Crippen molar-refractivity contribution in [2.45, 2.75) is 31.0 Å². The fraction of sp³-hybridized carbons (Fsp3) is 0.176. The van der Waals surface area contributed by atoms with Crippen LogP contribution < -0.4 is 0 Å². The summed E-state index contributed by atoms with van der Waals surface area (Å²) in [6.07, 6.45) is -5.87. The second-order valence-electron chi connectivity index (χ2n) is 9.64. The molecule has 43 heavy (non-hydrogen) atoms. The van der Waals surface area contributed by atoms with Gasteiger partial charge in [0.2, 0.25) is 6.10 Å². The van der Waals surface area contributed by atoms with E-state index in [0.29, 0.717) is 0 Å². The Bertz CT molecular complexity index is 1530. The second kappa shape index (κ2) is 14.1. The molecule has 4 aromatic carbocycles. The molecule has 0 spiro atoms. The van der Waals surface area contributed by atoms with E-state index in [0.717, 1.165) is 5.56 Å². The molecule has 9 nitrogen and oxygen atoms in total. The fourth-order valence-electron chi connectivity index (χ4n) is 4.47. The van der Waals surface area contributed by atoms with Gasteiger partial charge in [-0.1, -0.05) is 84.9 Å². The molecule has 1 aliphatic rings. The van der Waals surface area contributed by atoms with Crippen LogP contribution in [-0.2, 0) is 35.1 Å². The van der Waals surface area contributed by atoms with E-state index in [1.54, 1.807) is 66.7 Å². The molecule has 218 valence electrons.